The Hall–Kier alpha value is -0.870. The van der Waals surface area contributed by atoms with Crippen LogP contribution in [0.5, 0.6) is 0 Å². The Morgan fingerprint density at radius 2 is 2.46 bits per heavy atom. The average Bonchev–Trinajstić information content (AvgIpc) is 2.03. The second-order valence-electron chi connectivity index (χ2n) is 3.49. The summed E-state index contributed by atoms with van der Waals surface area (Å²) in [6.07, 6.45) is 0. The van der Waals surface area contributed by atoms with E-state index in [4.69, 9.17) is 5.11 Å². The van der Waals surface area contributed by atoms with E-state index in [-0.39, 0.29) is 0 Å². The Balaban J connectivity index is 2.56. The van der Waals surface area contributed by atoms with E-state index in [1.165, 1.54) is 0 Å². The second-order valence-corrected chi connectivity index (χ2v) is 3.49. The summed E-state index contributed by atoms with van der Waals surface area (Å²) < 4.78 is 0. The molecule has 0 saturated carbocycles. The lowest BCUT2D eigenvalue weighted by Crippen LogP contribution is -2.55. The van der Waals surface area contributed by atoms with Crippen LogP contribution in [-0.2, 0) is 4.79 Å². The van der Waals surface area contributed by atoms with Crippen LogP contribution in [0.3, 0.4) is 0 Å². The summed E-state index contributed by atoms with van der Waals surface area (Å²) >= 11 is 0. The van der Waals surface area contributed by atoms with Crippen LogP contribution in [0.2, 0.25) is 0 Å². The van der Waals surface area contributed by atoms with Gasteiger partial charge in [0.25, 0.3) is 0 Å². The predicted molar refractivity (Wildman–Crippen MR) is 50.7 cm³/mol. The van der Waals surface area contributed by atoms with Gasteiger partial charge in [-0.1, -0.05) is 12.2 Å². The van der Waals surface area contributed by atoms with Crippen LogP contribution < -0.4 is 5.32 Å². The molecule has 0 aliphatic carbocycles. The van der Waals surface area contributed by atoms with Gasteiger partial charge >= 0.3 is 5.97 Å². The SMILES string of the molecule is C=C(C)CN1CCNCC1C(=O)O. The van der Waals surface area contributed by atoms with E-state index >= 15 is 0 Å². The summed E-state index contributed by atoms with van der Waals surface area (Å²) in [5.41, 5.74) is 1.01. The van der Waals surface area contributed by atoms with Crippen molar-refractivity contribution in [3.63, 3.8) is 0 Å². The minimum absolute atomic E-state index is 0.398. The highest BCUT2D eigenvalue weighted by Gasteiger charge is 2.27. The smallest absolute Gasteiger partial charge is 0.322 e. The molecule has 74 valence electrons. The summed E-state index contributed by atoms with van der Waals surface area (Å²) in [4.78, 5) is 12.8. The van der Waals surface area contributed by atoms with Gasteiger partial charge in [-0.25, -0.2) is 0 Å². The predicted octanol–water partition coefficient (Wildman–Crippen LogP) is -0.0791. The minimum atomic E-state index is -0.756. The standard InChI is InChI=1S/C9H16N2O2/c1-7(2)6-11-4-3-10-5-8(11)9(12)13/h8,10H,1,3-6H2,2H3,(H,12,13). The minimum Gasteiger partial charge on any atom is -0.480 e. The molecule has 13 heavy (non-hydrogen) atoms. The third-order valence-corrected chi connectivity index (χ3v) is 2.11. The first-order valence-electron chi connectivity index (χ1n) is 4.43. The maximum atomic E-state index is 10.8. The van der Waals surface area contributed by atoms with Crippen LogP contribution in [0.4, 0.5) is 0 Å². The van der Waals surface area contributed by atoms with E-state index in [0.717, 1.165) is 18.7 Å². The first-order chi connectivity index (χ1) is 6.11. The number of rotatable bonds is 3. The third kappa shape index (κ3) is 2.82. The highest BCUT2D eigenvalue weighted by molar-refractivity contribution is 5.74. The number of piperazine rings is 1. The Bertz CT molecular complexity index is 216. The van der Waals surface area contributed by atoms with Gasteiger partial charge in [-0.05, 0) is 6.92 Å². The number of carbonyl (C=O) groups is 1. The van der Waals surface area contributed by atoms with E-state index in [9.17, 15) is 4.79 Å². The first kappa shape index (κ1) is 10.2. The zero-order chi connectivity index (χ0) is 9.84. The molecule has 0 aromatic rings. The van der Waals surface area contributed by atoms with Crippen molar-refractivity contribution in [3.8, 4) is 0 Å². The highest BCUT2D eigenvalue weighted by Crippen LogP contribution is 2.05. The normalized spacial score (nSPS) is 24.2. The molecule has 0 aromatic carbocycles. The van der Waals surface area contributed by atoms with Crippen molar-refractivity contribution in [1.82, 2.24) is 10.2 Å². The molecule has 0 spiro atoms. The van der Waals surface area contributed by atoms with Crippen molar-refractivity contribution in [2.75, 3.05) is 26.2 Å². The van der Waals surface area contributed by atoms with E-state index < -0.39 is 12.0 Å². The number of nitrogens with zero attached hydrogens (tertiary/aromatic N) is 1. The van der Waals surface area contributed by atoms with Crippen molar-refractivity contribution < 1.29 is 9.90 Å². The third-order valence-electron chi connectivity index (χ3n) is 2.11. The maximum Gasteiger partial charge on any atom is 0.322 e. The van der Waals surface area contributed by atoms with Crippen LogP contribution in [0, 0.1) is 0 Å². The first-order valence-corrected chi connectivity index (χ1v) is 4.43. The summed E-state index contributed by atoms with van der Waals surface area (Å²) in [7, 11) is 0. The lowest BCUT2D eigenvalue weighted by molar-refractivity contribution is -0.143. The van der Waals surface area contributed by atoms with Gasteiger partial charge in [0, 0.05) is 26.2 Å². The van der Waals surface area contributed by atoms with Crippen molar-refractivity contribution in [2.45, 2.75) is 13.0 Å². The number of hydrogen-bond donors (Lipinski definition) is 2. The van der Waals surface area contributed by atoms with E-state index in [1.807, 2.05) is 11.8 Å². The van der Waals surface area contributed by atoms with Crippen molar-refractivity contribution in [2.24, 2.45) is 0 Å². The fraction of sp³-hybridized carbons (Fsp3) is 0.667. The van der Waals surface area contributed by atoms with Crippen LogP contribution in [0.15, 0.2) is 12.2 Å². The molecule has 1 heterocycles. The molecule has 1 saturated heterocycles. The van der Waals surface area contributed by atoms with Gasteiger partial charge in [0.1, 0.15) is 6.04 Å². The van der Waals surface area contributed by atoms with Crippen LogP contribution in [0.25, 0.3) is 0 Å². The van der Waals surface area contributed by atoms with Gasteiger partial charge in [-0.3, -0.25) is 9.69 Å². The zero-order valence-corrected chi connectivity index (χ0v) is 7.92. The van der Waals surface area contributed by atoms with Crippen molar-refractivity contribution in [3.05, 3.63) is 12.2 Å². The van der Waals surface area contributed by atoms with Gasteiger partial charge < -0.3 is 10.4 Å². The molecule has 1 fully saturated rings. The molecule has 1 rings (SSSR count). The molecule has 0 bridgehead atoms. The molecule has 0 aromatic heterocycles. The van der Waals surface area contributed by atoms with Gasteiger partial charge in [0.15, 0.2) is 0 Å². The van der Waals surface area contributed by atoms with Crippen LogP contribution in [-0.4, -0.2) is 48.2 Å². The number of hydrogen-bond acceptors (Lipinski definition) is 3. The summed E-state index contributed by atoms with van der Waals surface area (Å²) in [5, 5.41) is 12.0. The van der Waals surface area contributed by atoms with E-state index in [1.54, 1.807) is 0 Å². The fourth-order valence-electron chi connectivity index (χ4n) is 1.53. The van der Waals surface area contributed by atoms with Crippen LogP contribution in [0.1, 0.15) is 6.92 Å². The molecule has 4 heteroatoms. The molecule has 1 atom stereocenters. The molecule has 4 nitrogen and oxygen atoms in total. The maximum absolute atomic E-state index is 10.8. The lowest BCUT2D eigenvalue weighted by atomic mass is 10.1. The van der Waals surface area contributed by atoms with E-state index in [0.29, 0.717) is 13.1 Å². The molecule has 1 aliphatic rings. The molecule has 0 amide bonds. The number of carboxylic acid groups (broad SMARTS) is 1. The Morgan fingerprint density at radius 3 is 3.00 bits per heavy atom. The quantitative estimate of drug-likeness (QED) is 0.602. The highest BCUT2D eigenvalue weighted by atomic mass is 16.4. The monoisotopic (exact) mass is 184 g/mol. The fourth-order valence-corrected chi connectivity index (χ4v) is 1.53. The Labute approximate surface area is 78.2 Å². The molecular weight excluding hydrogens is 168 g/mol. The van der Waals surface area contributed by atoms with Gasteiger partial charge in [-0.15, -0.1) is 0 Å². The average molecular weight is 184 g/mol. The summed E-state index contributed by atoms with van der Waals surface area (Å²) in [6.45, 7) is 8.55. The van der Waals surface area contributed by atoms with Crippen molar-refractivity contribution in [1.29, 1.82) is 0 Å². The van der Waals surface area contributed by atoms with E-state index in [2.05, 4.69) is 11.9 Å². The Kier molecular flexibility index (Phi) is 3.45. The molecule has 1 unspecified atom stereocenters. The summed E-state index contributed by atoms with van der Waals surface area (Å²) in [5.74, 6) is -0.756. The zero-order valence-electron chi connectivity index (χ0n) is 7.92. The molecular formula is C9H16N2O2. The molecule has 0 radical (unpaired) electrons. The van der Waals surface area contributed by atoms with Crippen molar-refractivity contribution >= 4 is 5.97 Å². The van der Waals surface area contributed by atoms with Gasteiger partial charge in [-0.2, -0.15) is 0 Å². The molecule has 2 N–H and O–H groups in total. The summed E-state index contributed by atoms with van der Waals surface area (Å²) in [6, 6.07) is -0.398. The topological polar surface area (TPSA) is 52.6 Å². The van der Waals surface area contributed by atoms with Crippen LogP contribution >= 0.6 is 0 Å². The number of nitrogens with one attached hydrogen (secondary N) is 1. The Morgan fingerprint density at radius 1 is 1.77 bits per heavy atom. The van der Waals surface area contributed by atoms with Gasteiger partial charge in [0.2, 0.25) is 0 Å². The number of carboxylic acids is 1. The second kappa shape index (κ2) is 4.39. The molecule has 1 aliphatic heterocycles. The lowest BCUT2D eigenvalue weighted by Gasteiger charge is -2.33. The largest absolute Gasteiger partial charge is 0.480 e. The number of aliphatic carboxylic acids is 1. The van der Waals surface area contributed by atoms with Gasteiger partial charge in [0.05, 0.1) is 0 Å².